The minimum absolute atomic E-state index is 0.513. The van der Waals surface area contributed by atoms with Crippen LogP contribution in [0.25, 0.3) is 0 Å². The van der Waals surface area contributed by atoms with E-state index in [-0.39, 0.29) is 0 Å². The van der Waals surface area contributed by atoms with Crippen molar-refractivity contribution in [1.82, 2.24) is 10.2 Å². The minimum Gasteiger partial charge on any atom is -0.496 e. The van der Waals surface area contributed by atoms with E-state index >= 15 is 0 Å². The molecule has 1 aromatic carbocycles. The molecule has 0 aromatic heterocycles. The maximum absolute atomic E-state index is 5.44. The Balaban J connectivity index is 1.74. The van der Waals surface area contributed by atoms with E-state index in [1.807, 2.05) is 12.1 Å². The molecule has 1 aliphatic rings. The van der Waals surface area contributed by atoms with Crippen LogP contribution in [0.3, 0.4) is 0 Å². The highest BCUT2D eigenvalue weighted by Gasteiger charge is 2.27. The topological polar surface area (TPSA) is 24.5 Å². The molecule has 2 atom stereocenters. The van der Waals surface area contributed by atoms with Crippen LogP contribution in [0.4, 0.5) is 0 Å². The number of methoxy groups -OCH3 is 1. The fourth-order valence-electron chi connectivity index (χ4n) is 2.80. The summed E-state index contributed by atoms with van der Waals surface area (Å²) in [4.78, 5) is 2.43. The molecule has 0 saturated heterocycles. The number of nitrogens with one attached hydrogen (secondary N) is 1. The highest BCUT2D eigenvalue weighted by atomic mass is 16.5. The lowest BCUT2D eigenvalue weighted by atomic mass is 10.1. The van der Waals surface area contributed by atoms with Crippen LogP contribution in [-0.4, -0.2) is 44.2 Å². The van der Waals surface area contributed by atoms with Crippen molar-refractivity contribution in [2.24, 2.45) is 5.92 Å². The monoisotopic (exact) mass is 290 g/mol. The lowest BCUT2D eigenvalue weighted by molar-refractivity contribution is 0.250. The molecule has 0 spiro atoms. The van der Waals surface area contributed by atoms with Crippen LogP contribution in [0.1, 0.15) is 32.3 Å². The Labute approximate surface area is 129 Å². The molecular formula is C18H30N2O. The molecule has 2 unspecified atom stereocenters. The molecule has 0 amide bonds. The van der Waals surface area contributed by atoms with E-state index < -0.39 is 0 Å². The molecule has 1 N–H and O–H groups in total. The number of hydrogen-bond donors (Lipinski definition) is 1. The molecule has 3 nitrogen and oxygen atoms in total. The summed E-state index contributed by atoms with van der Waals surface area (Å²) in [6.45, 7) is 6.77. The van der Waals surface area contributed by atoms with Gasteiger partial charge in [-0.3, -0.25) is 0 Å². The predicted octanol–water partition coefficient (Wildman–Crippen LogP) is 2.95. The largest absolute Gasteiger partial charge is 0.496 e. The summed E-state index contributed by atoms with van der Waals surface area (Å²) in [5.41, 5.74) is 1.29. The van der Waals surface area contributed by atoms with Crippen LogP contribution in [0.2, 0.25) is 0 Å². The first kappa shape index (κ1) is 16.3. The van der Waals surface area contributed by atoms with Gasteiger partial charge in [-0.25, -0.2) is 0 Å². The van der Waals surface area contributed by atoms with Crippen LogP contribution in [0.15, 0.2) is 24.3 Å². The zero-order chi connectivity index (χ0) is 15.2. The molecule has 21 heavy (non-hydrogen) atoms. The van der Waals surface area contributed by atoms with E-state index in [4.69, 9.17) is 4.74 Å². The lowest BCUT2D eigenvalue weighted by Crippen LogP contribution is -2.39. The van der Waals surface area contributed by atoms with Crippen molar-refractivity contribution in [3.8, 4) is 5.75 Å². The number of rotatable bonds is 9. The Kier molecular flexibility index (Phi) is 6.07. The second-order valence-corrected chi connectivity index (χ2v) is 6.43. The van der Waals surface area contributed by atoms with Gasteiger partial charge in [-0.15, -0.1) is 0 Å². The van der Waals surface area contributed by atoms with Gasteiger partial charge in [0, 0.05) is 25.2 Å². The molecule has 118 valence electrons. The summed E-state index contributed by atoms with van der Waals surface area (Å²) in [6, 6.07) is 9.52. The van der Waals surface area contributed by atoms with Crippen molar-refractivity contribution in [2.75, 3.05) is 27.2 Å². The molecule has 1 aromatic rings. The summed E-state index contributed by atoms with van der Waals surface area (Å²) in [6.07, 6.45) is 3.85. The quantitative estimate of drug-likeness (QED) is 0.757. The van der Waals surface area contributed by atoms with Crippen molar-refractivity contribution in [3.05, 3.63) is 29.8 Å². The maximum Gasteiger partial charge on any atom is 0.122 e. The molecule has 0 bridgehead atoms. The molecule has 1 saturated carbocycles. The fraction of sp³-hybridized carbons (Fsp3) is 0.667. The second kappa shape index (κ2) is 7.81. The van der Waals surface area contributed by atoms with E-state index in [1.54, 1.807) is 7.11 Å². The highest BCUT2D eigenvalue weighted by Crippen LogP contribution is 2.32. The summed E-state index contributed by atoms with van der Waals surface area (Å²) in [5.74, 6) is 1.93. The summed E-state index contributed by atoms with van der Waals surface area (Å²) in [7, 11) is 3.96. The molecule has 3 heteroatoms. The first-order chi connectivity index (χ1) is 10.1. The second-order valence-electron chi connectivity index (χ2n) is 6.43. The summed E-state index contributed by atoms with van der Waals surface area (Å²) >= 11 is 0. The van der Waals surface area contributed by atoms with Gasteiger partial charge in [0.2, 0.25) is 0 Å². The number of likely N-dealkylation sites (N-methyl/N-ethyl adjacent to an activating group) is 1. The van der Waals surface area contributed by atoms with E-state index in [0.29, 0.717) is 12.1 Å². The van der Waals surface area contributed by atoms with Crippen molar-refractivity contribution >= 4 is 0 Å². The van der Waals surface area contributed by atoms with Crippen LogP contribution in [-0.2, 0) is 6.42 Å². The minimum atomic E-state index is 0.513. The molecule has 0 aliphatic heterocycles. The maximum atomic E-state index is 5.44. The van der Waals surface area contributed by atoms with Gasteiger partial charge >= 0.3 is 0 Å². The lowest BCUT2D eigenvalue weighted by Gasteiger charge is -2.26. The molecule has 0 heterocycles. The van der Waals surface area contributed by atoms with Crippen LogP contribution >= 0.6 is 0 Å². The van der Waals surface area contributed by atoms with Gasteiger partial charge in [0.15, 0.2) is 0 Å². The third kappa shape index (κ3) is 5.01. The SMILES string of the molecule is COc1ccccc1CC(C)N(C)CCNC(C)C1CC1. The van der Waals surface area contributed by atoms with Crippen molar-refractivity contribution < 1.29 is 4.74 Å². The van der Waals surface area contributed by atoms with Crippen molar-refractivity contribution in [1.29, 1.82) is 0 Å². The Bertz CT molecular complexity index is 431. The number of benzene rings is 1. The van der Waals surface area contributed by atoms with Gasteiger partial charge in [0.1, 0.15) is 5.75 Å². The molecule has 1 fully saturated rings. The van der Waals surface area contributed by atoms with Crippen molar-refractivity contribution in [2.45, 2.75) is 45.2 Å². The van der Waals surface area contributed by atoms with E-state index in [2.05, 4.69) is 43.2 Å². The summed E-state index contributed by atoms with van der Waals surface area (Å²) < 4.78 is 5.44. The zero-order valence-corrected chi connectivity index (χ0v) is 13.9. The smallest absolute Gasteiger partial charge is 0.122 e. The number of para-hydroxylation sites is 1. The van der Waals surface area contributed by atoms with Crippen LogP contribution in [0.5, 0.6) is 5.75 Å². The van der Waals surface area contributed by atoms with E-state index in [1.165, 1.54) is 18.4 Å². The van der Waals surface area contributed by atoms with Gasteiger partial charge in [0.05, 0.1) is 7.11 Å². The van der Waals surface area contributed by atoms with Gasteiger partial charge in [0.25, 0.3) is 0 Å². The van der Waals surface area contributed by atoms with Crippen LogP contribution < -0.4 is 10.1 Å². The predicted molar refractivity (Wildman–Crippen MR) is 89.0 cm³/mol. The number of nitrogens with zero attached hydrogens (tertiary/aromatic N) is 1. The standard InChI is InChI=1S/C18H30N2O/c1-14(13-17-7-5-6-8-18(17)21-4)20(3)12-11-19-15(2)16-9-10-16/h5-8,14-16,19H,9-13H2,1-4H3. The number of ether oxygens (including phenoxy) is 1. The van der Waals surface area contributed by atoms with Gasteiger partial charge in [-0.1, -0.05) is 18.2 Å². The van der Waals surface area contributed by atoms with Gasteiger partial charge in [-0.2, -0.15) is 0 Å². The first-order valence-corrected chi connectivity index (χ1v) is 8.17. The molecular weight excluding hydrogens is 260 g/mol. The normalized spacial score (nSPS) is 17.8. The molecule has 2 rings (SSSR count). The third-order valence-electron chi connectivity index (χ3n) is 4.72. The molecule has 1 aliphatic carbocycles. The van der Waals surface area contributed by atoms with Crippen molar-refractivity contribution in [3.63, 3.8) is 0 Å². The summed E-state index contributed by atoms with van der Waals surface area (Å²) in [5, 5.41) is 3.65. The fourth-order valence-corrected chi connectivity index (χ4v) is 2.80. The third-order valence-corrected chi connectivity index (χ3v) is 4.72. The molecule has 0 radical (unpaired) electrons. The Morgan fingerprint density at radius 1 is 1.29 bits per heavy atom. The highest BCUT2D eigenvalue weighted by molar-refractivity contribution is 5.33. The van der Waals surface area contributed by atoms with E-state index in [0.717, 1.165) is 31.2 Å². The zero-order valence-electron chi connectivity index (χ0n) is 13.9. The average molecular weight is 290 g/mol. The van der Waals surface area contributed by atoms with Crippen LogP contribution in [0, 0.1) is 5.92 Å². The van der Waals surface area contributed by atoms with Gasteiger partial charge in [-0.05, 0) is 57.7 Å². The first-order valence-electron chi connectivity index (χ1n) is 8.17. The average Bonchev–Trinajstić information content (AvgIpc) is 3.32. The number of hydrogen-bond acceptors (Lipinski definition) is 3. The Morgan fingerprint density at radius 3 is 2.67 bits per heavy atom. The Morgan fingerprint density at radius 2 is 2.00 bits per heavy atom. The van der Waals surface area contributed by atoms with Gasteiger partial charge < -0.3 is 15.0 Å². The Hall–Kier alpha value is -1.06. The van der Waals surface area contributed by atoms with E-state index in [9.17, 15) is 0 Å².